The summed E-state index contributed by atoms with van der Waals surface area (Å²) in [5.74, 6) is 1.79. The summed E-state index contributed by atoms with van der Waals surface area (Å²) < 4.78 is 5.20. The third-order valence-corrected chi connectivity index (χ3v) is 4.61. The molecule has 0 radical (unpaired) electrons. The summed E-state index contributed by atoms with van der Waals surface area (Å²) in [7, 11) is 1.68. The third-order valence-electron chi connectivity index (χ3n) is 4.61. The summed E-state index contributed by atoms with van der Waals surface area (Å²) in [5.41, 5.74) is 2.48. The van der Waals surface area contributed by atoms with Crippen LogP contribution in [0.2, 0.25) is 0 Å². The fraction of sp³-hybridized carbons (Fsp3) is 0.474. The molecule has 0 saturated carbocycles. The first-order valence-electron chi connectivity index (χ1n) is 8.26. The molecule has 23 heavy (non-hydrogen) atoms. The van der Waals surface area contributed by atoms with Crippen LogP contribution in [0.3, 0.4) is 0 Å². The quantitative estimate of drug-likeness (QED) is 0.846. The molecule has 1 fully saturated rings. The van der Waals surface area contributed by atoms with E-state index in [1.54, 1.807) is 7.11 Å². The normalized spacial score (nSPS) is 20.9. The fourth-order valence-corrected chi connectivity index (χ4v) is 3.58. The van der Waals surface area contributed by atoms with E-state index in [4.69, 9.17) is 9.72 Å². The molecule has 0 N–H and O–H groups in total. The highest BCUT2D eigenvalue weighted by Gasteiger charge is 2.37. The highest BCUT2D eigenvalue weighted by atomic mass is 16.5. The second-order valence-corrected chi connectivity index (χ2v) is 6.63. The number of benzene rings is 1. The summed E-state index contributed by atoms with van der Waals surface area (Å²) in [4.78, 5) is 11.6. The van der Waals surface area contributed by atoms with E-state index in [-0.39, 0.29) is 5.54 Å². The highest BCUT2D eigenvalue weighted by molar-refractivity contribution is 5.45. The van der Waals surface area contributed by atoms with Crippen molar-refractivity contribution in [3.63, 3.8) is 0 Å². The van der Waals surface area contributed by atoms with Crippen LogP contribution in [0, 0.1) is 6.92 Å². The number of aromatic nitrogens is 2. The van der Waals surface area contributed by atoms with Crippen molar-refractivity contribution in [3.05, 3.63) is 53.5 Å². The van der Waals surface area contributed by atoms with Gasteiger partial charge in [0.1, 0.15) is 12.4 Å². The zero-order valence-corrected chi connectivity index (χ0v) is 14.2. The van der Waals surface area contributed by atoms with Crippen LogP contribution in [0.15, 0.2) is 36.4 Å². The van der Waals surface area contributed by atoms with E-state index < -0.39 is 0 Å². The predicted molar refractivity (Wildman–Crippen MR) is 92.6 cm³/mol. The zero-order valence-electron chi connectivity index (χ0n) is 14.2. The van der Waals surface area contributed by atoms with E-state index >= 15 is 0 Å². The summed E-state index contributed by atoms with van der Waals surface area (Å²) in [6.07, 6.45) is 3.42. The second-order valence-electron chi connectivity index (χ2n) is 6.63. The zero-order chi connectivity index (χ0) is 16.3. The van der Waals surface area contributed by atoms with Crippen molar-refractivity contribution in [2.45, 2.75) is 45.3 Å². The average molecular weight is 311 g/mol. The van der Waals surface area contributed by atoms with Gasteiger partial charge in [-0.3, -0.25) is 0 Å². The number of aryl methyl sites for hydroxylation is 1. The largest absolute Gasteiger partial charge is 0.377 e. The first kappa shape index (κ1) is 15.9. The summed E-state index contributed by atoms with van der Waals surface area (Å²) in [6, 6.07) is 12.8. The van der Waals surface area contributed by atoms with Gasteiger partial charge in [0, 0.05) is 31.0 Å². The minimum Gasteiger partial charge on any atom is -0.377 e. The van der Waals surface area contributed by atoms with Crippen molar-refractivity contribution in [3.8, 4) is 0 Å². The first-order chi connectivity index (χ1) is 11.1. The van der Waals surface area contributed by atoms with Crippen LogP contribution >= 0.6 is 0 Å². The molecule has 0 spiro atoms. The molecule has 2 aromatic rings. The molecule has 2 heterocycles. The molecule has 4 nitrogen and oxygen atoms in total. The van der Waals surface area contributed by atoms with Gasteiger partial charge in [0.15, 0.2) is 5.82 Å². The number of hydrogen-bond donors (Lipinski definition) is 0. The van der Waals surface area contributed by atoms with Gasteiger partial charge in [-0.15, -0.1) is 0 Å². The lowest BCUT2D eigenvalue weighted by molar-refractivity contribution is 0.177. The SMILES string of the molecule is COCc1nc(C)cc(N2CCCC2(C)Cc2ccccc2)n1. The van der Waals surface area contributed by atoms with Gasteiger partial charge in [-0.2, -0.15) is 0 Å². The predicted octanol–water partition coefficient (Wildman–Crippen LogP) is 3.53. The van der Waals surface area contributed by atoms with Gasteiger partial charge in [0.25, 0.3) is 0 Å². The van der Waals surface area contributed by atoms with Gasteiger partial charge in [-0.1, -0.05) is 30.3 Å². The number of nitrogens with zero attached hydrogens (tertiary/aromatic N) is 3. The van der Waals surface area contributed by atoms with Crippen molar-refractivity contribution in [2.75, 3.05) is 18.6 Å². The maximum absolute atomic E-state index is 5.20. The molecular formula is C19H25N3O. The Morgan fingerprint density at radius 3 is 2.74 bits per heavy atom. The Morgan fingerprint density at radius 1 is 1.22 bits per heavy atom. The molecule has 0 bridgehead atoms. The first-order valence-corrected chi connectivity index (χ1v) is 8.26. The Kier molecular flexibility index (Phi) is 4.62. The lowest BCUT2D eigenvalue weighted by Crippen LogP contribution is -2.43. The summed E-state index contributed by atoms with van der Waals surface area (Å²) >= 11 is 0. The van der Waals surface area contributed by atoms with Gasteiger partial charge in [-0.25, -0.2) is 9.97 Å². The fourth-order valence-electron chi connectivity index (χ4n) is 3.58. The Bertz CT molecular complexity index is 659. The van der Waals surface area contributed by atoms with Gasteiger partial charge in [0.2, 0.25) is 0 Å². The Balaban J connectivity index is 1.89. The van der Waals surface area contributed by atoms with Crippen LogP contribution in [0.1, 0.15) is 36.8 Å². The molecule has 1 atom stereocenters. The molecule has 1 aliphatic rings. The lowest BCUT2D eigenvalue weighted by Gasteiger charge is -2.36. The Labute approximate surface area is 138 Å². The van der Waals surface area contributed by atoms with Crippen LogP contribution in [0.25, 0.3) is 0 Å². The Hall–Kier alpha value is -1.94. The number of ether oxygens (including phenoxy) is 1. The Morgan fingerprint density at radius 2 is 2.00 bits per heavy atom. The van der Waals surface area contributed by atoms with E-state index in [1.807, 2.05) is 6.92 Å². The molecule has 1 saturated heterocycles. The van der Waals surface area contributed by atoms with E-state index in [9.17, 15) is 0 Å². The molecule has 0 amide bonds. The van der Waals surface area contributed by atoms with E-state index in [2.05, 4.69) is 53.2 Å². The van der Waals surface area contributed by atoms with Gasteiger partial charge >= 0.3 is 0 Å². The molecule has 122 valence electrons. The smallest absolute Gasteiger partial charge is 0.156 e. The van der Waals surface area contributed by atoms with E-state index in [0.717, 1.165) is 30.3 Å². The molecule has 4 heteroatoms. The molecule has 3 rings (SSSR count). The summed E-state index contributed by atoms with van der Waals surface area (Å²) in [5, 5.41) is 0. The van der Waals surface area contributed by atoms with Crippen molar-refractivity contribution < 1.29 is 4.74 Å². The topological polar surface area (TPSA) is 38.2 Å². The number of hydrogen-bond acceptors (Lipinski definition) is 4. The van der Waals surface area contributed by atoms with Crippen LogP contribution in [0.5, 0.6) is 0 Å². The van der Waals surface area contributed by atoms with Crippen molar-refractivity contribution >= 4 is 5.82 Å². The molecule has 1 aromatic carbocycles. The summed E-state index contributed by atoms with van der Waals surface area (Å²) in [6.45, 7) is 5.87. The number of anilines is 1. The lowest BCUT2D eigenvalue weighted by atomic mass is 9.90. The number of rotatable bonds is 5. The van der Waals surface area contributed by atoms with Crippen LogP contribution in [-0.4, -0.2) is 29.2 Å². The number of methoxy groups -OCH3 is 1. The standard InChI is InChI=1S/C19H25N3O/c1-15-12-18(21-17(20-15)14-23-3)22-11-7-10-19(22,2)13-16-8-5-4-6-9-16/h4-6,8-9,12H,7,10-11,13-14H2,1-3H3. The minimum atomic E-state index is 0.104. The van der Waals surface area contributed by atoms with Crippen LogP contribution < -0.4 is 4.90 Å². The van der Waals surface area contributed by atoms with E-state index in [1.165, 1.54) is 18.4 Å². The van der Waals surface area contributed by atoms with Crippen molar-refractivity contribution in [2.24, 2.45) is 0 Å². The maximum atomic E-state index is 5.20. The van der Waals surface area contributed by atoms with Gasteiger partial charge < -0.3 is 9.64 Å². The van der Waals surface area contributed by atoms with Gasteiger partial charge in [0.05, 0.1) is 0 Å². The molecule has 0 aliphatic carbocycles. The maximum Gasteiger partial charge on any atom is 0.156 e. The molecule has 1 unspecified atom stereocenters. The van der Waals surface area contributed by atoms with Crippen LogP contribution in [0.4, 0.5) is 5.82 Å². The average Bonchev–Trinajstić information content (AvgIpc) is 2.89. The molecular weight excluding hydrogens is 286 g/mol. The van der Waals surface area contributed by atoms with Crippen molar-refractivity contribution in [1.82, 2.24) is 9.97 Å². The molecule has 1 aromatic heterocycles. The van der Waals surface area contributed by atoms with E-state index in [0.29, 0.717) is 6.61 Å². The highest BCUT2D eigenvalue weighted by Crippen LogP contribution is 2.35. The van der Waals surface area contributed by atoms with Crippen molar-refractivity contribution in [1.29, 1.82) is 0 Å². The third kappa shape index (κ3) is 3.53. The van der Waals surface area contributed by atoms with Crippen LogP contribution in [-0.2, 0) is 17.8 Å². The molecule has 1 aliphatic heterocycles. The minimum absolute atomic E-state index is 0.104. The monoisotopic (exact) mass is 311 g/mol. The van der Waals surface area contributed by atoms with Gasteiger partial charge in [-0.05, 0) is 38.7 Å². The second kappa shape index (κ2) is 6.67.